The van der Waals surface area contributed by atoms with Crippen LogP contribution in [-0.2, 0) is 9.53 Å². The third kappa shape index (κ3) is 2.18. The number of amides is 1. The Morgan fingerprint density at radius 3 is 3.14 bits per heavy atom. The number of methoxy groups -OCH3 is 1. The van der Waals surface area contributed by atoms with Crippen molar-refractivity contribution >= 4 is 23.4 Å². The summed E-state index contributed by atoms with van der Waals surface area (Å²) in [6, 6.07) is 1.60. The van der Waals surface area contributed by atoms with E-state index < -0.39 is 5.97 Å². The molecule has 2 unspecified atom stereocenters. The maximum absolute atomic E-state index is 11.8. The van der Waals surface area contributed by atoms with Crippen LogP contribution >= 0.6 is 0 Å². The summed E-state index contributed by atoms with van der Waals surface area (Å²) in [6.07, 6.45) is 3.33. The van der Waals surface area contributed by atoms with Crippen LogP contribution in [0.3, 0.4) is 0 Å². The zero-order chi connectivity index (χ0) is 15.0. The zero-order valence-corrected chi connectivity index (χ0v) is 11.8. The first-order chi connectivity index (χ1) is 10.1. The fourth-order valence-electron chi connectivity index (χ4n) is 3.19. The number of hydrogen-bond donors (Lipinski definition) is 2. The Labute approximate surface area is 122 Å². The molecule has 0 aromatic carbocycles. The van der Waals surface area contributed by atoms with Crippen molar-refractivity contribution in [2.45, 2.75) is 18.9 Å². The number of nitrogen functional groups attached to an aromatic ring is 1. The van der Waals surface area contributed by atoms with E-state index in [1.165, 1.54) is 7.11 Å². The van der Waals surface area contributed by atoms with Gasteiger partial charge in [-0.3, -0.25) is 4.79 Å². The molecule has 3 heterocycles. The lowest BCUT2D eigenvalue weighted by Gasteiger charge is -2.37. The Hall–Kier alpha value is -2.31. The minimum atomic E-state index is -0.481. The predicted molar refractivity (Wildman–Crippen MR) is 76.9 cm³/mol. The fraction of sp³-hybridized carbons (Fsp3) is 0.500. The Morgan fingerprint density at radius 2 is 2.38 bits per heavy atom. The van der Waals surface area contributed by atoms with E-state index in [4.69, 9.17) is 10.5 Å². The Balaban J connectivity index is 1.96. The number of nitrogens with one attached hydrogen (secondary N) is 1. The van der Waals surface area contributed by atoms with Crippen LogP contribution in [0.1, 0.15) is 23.2 Å². The Kier molecular flexibility index (Phi) is 3.40. The number of hydrogen-bond acceptors (Lipinski definition) is 6. The highest BCUT2D eigenvalue weighted by molar-refractivity contribution is 5.97. The molecule has 0 radical (unpaired) electrons. The molecule has 2 fully saturated rings. The molecule has 2 saturated heterocycles. The molecule has 112 valence electrons. The lowest BCUT2D eigenvalue weighted by Crippen LogP contribution is -2.46. The van der Waals surface area contributed by atoms with Crippen molar-refractivity contribution in [1.82, 2.24) is 10.3 Å². The van der Waals surface area contributed by atoms with Crippen LogP contribution in [-0.4, -0.2) is 43.1 Å². The highest BCUT2D eigenvalue weighted by Gasteiger charge is 2.42. The molecule has 1 aromatic rings. The van der Waals surface area contributed by atoms with Gasteiger partial charge < -0.3 is 20.7 Å². The molecule has 2 atom stereocenters. The largest absolute Gasteiger partial charge is 0.465 e. The summed E-state index contributed by atoms with van der Waals surface area (Å²) in [5, 5.41) is 2.89. The van der Waals surface area contributed by atoms with Crippen LogP contribution in [0.2, 0.25) is 0 Å². The van der Waals surface area contributed by atoms with E-state index in [0.717, 1.165) is 19.4 Å². The van der Waals surface area contributed by atoms with Crippen molar-refractivity contribution in [3.63, 3.8) is 0 Å². The molecule has 21 heavy (non-hydrogen) atoms. The lowest BCUT2D eigenvalue weighted by molar-refractivity contribution is -0.123. The van der Waals surface area contributed by atoms with Gasteiger partial charge in [0.2, 0.25) is 5.91 Å². The molecule has 1 aromatic heterocycles. The van der Waals surface area contributed by atoms with Crippen LogP contribution in [0, 0.1) is 5.92 Å². The molecule has 7 heteroatoms. The number of nitrogens with zero attached hydrogens (tertiary/aromatic N) is 2. The molecule has 2 aliphatic heterocycles. The van der Waals surface area contributed by atoms with Gasteiger partial charge in [0.1, 0.15) is 0 Å². The summed E-state index contributed by atoms with van der Waals surface area (Å²) in [7, 11) is 1.32. The van der Waals surface area contributed by atoms with Crippen LogP contribution in [0.15, 0.2) is 12.3 Å². The van der Waals surface area contributed by atoms with Gasteiger partial charge in [-0.2, -0.15) is 0 Å². The lowest BCUT2D eigenvalue weighted by atomic mass is 9.91. The summed E-state index contributed by atoms with van der Waals surface area (Å²) in [5.74, 6) is 0.142. The molecule has 3 N–H and O–H groups in total. The van der Waals surface area contributed by atoms with Crippen LogP contribution in [0.4, 0.5) is 11.5 Å². The first-order valence-electron chi connectivity index (χ1n) is 7.00. The second kappa shape index (κ2) is 5.23. The Morgan fingerprint density at radius 1 is 1.57 bits per heavy atom. The third-order valence-corrected chi connectivity index (χ3v) is 4.25. The molecule has 0 aliphatic carbocycles. The van der Waals surface area contributed by atoms with Crippen molar-refractivity contribution in [2.24, 2.45) is 5.92 Å². The van der Waals surface area contributed by atoms with Crippen LogP contribution in [0.5, 0.6) is 0 Å². The van der Waals surface area contributed by atoms with Crippen LogP contribution < -0.4 is 16.0 Å². The van der Waals surface area contributed by atoms with E-state index in [-0.39, 0.29) is 17.9 Å². The first-order valence-corrected chi connectivity index (χ1v) is 7.00. The number of nitrogens with two attached hydrogens (primary N) is 1. The SMILES string of the molecule is COC(=O)c1ccnc(N2CCCC3C(=O)NCC32)c1N. The number of ether oxygens (including phenoxy) is 1. The van der Waals surface area contributed by atoms with Gasteiger partial charge in [-0.05, 0) is 18.9 Å². The minimum absolute atomic E-state index is 0.0262. The molecule has 0 bridgehead atoms. The number of pyridine rings is 1. The molecular weight excluding hydrogens is 272 g/mol. The van der Waals surface area contributed by atoms with Gasteiger partial charge in [-0.15, -0.1) is 0 Å². The van der Waals surface area contributed by atoms with E-state index in [1.807, 2.05) is 4.90 Å². The van der Waals surface area contributed by atoms with E-state index in [1.54, 1.807) is 12.3 Å². The van der Waals surface area contributed by atoms with E-state index >= 15 is 0 Å². The summed E-state index contributed by atoms with van der Waals surface area (Å²) in [5.41, 5.74) is 6.71. The second-order valence-corrected chi connectivity index (χ2v) is 5.34. The van der Waals surface area contributed by atoms with Gasteiger partial charge in [0, 0.05) is 19.3 Å². The topological polar surface area (TPSA) is 97.5 Å². The maximum Gasteiger partial charge on any atom is 0.340 e. The Bertz CT molecular complexity index is 590. The summed E-state index contributed by atoms with van der Waals surface area (Å²) >= 11 is 0. The number of aromatic nitrogens is 1. The number of fused-ring (bicyclic) bond motifs is 1. The van der Waals surface area contributed by atoms with Gasteiger partial charge in [-0.25, -0.2) is 9.78 Å². The number of anilines is 2. The van der Waals surface area contributed by atoms with Crippen molar-refractivity contribution in [1.29, 1.82) is 0 Å². The molecule has 7 nitrogen and oxygen atoms in total. The monoisotopic (exact) mass is 290 g/mol. The molecule has 1 amide bonds. The average molecular weight is 290 g/mol. The maximum atomic E-state index is 11.8. The number of rotatable bonds is 2. The standard InChI is InChI=1S/C14H18N4O3/c1-21-14(20)9-4-5-16-12(11(9)15)18-6-2-3-8-10(18)7-17-13(8)19/h4-5,8,10H,2-3,6-7,15H2,1H3,(H,17,19). The molecule has 3 rings (SSSR count). The van der Waals surface area contributed by atoms with E-state index in [9.17, 15) is 9.59 Å². The van der Waals surface area contributed by atoms with Crippen molar-refractivity contribution in [3.05, 3.63) is 17.8 Å². The molecular formula is C14H18N4O3. The smallest absolute Gasteiger partial charge is 0.340 e. The summed E-state index contributed by atoms with van der Waals surface area (Å²) in [4.78, 5) is 29.9. The normalized spacial score (nSPS) is 24.4. The fourth-order valence-corrected chi connectivity index (χ4v) is 3.19. The van der Waals surface area contributed by atoms with Gasteiger partial charge in [0.25, 0.3) is 0 Å². The second-order valence-electron chi connectivity index (χ2n) is 5.34. The summed E-state index contributed by atoms with van der Waals surface area (Å²) < 4.78 is 4.73. The van der Waals surface area contributed by atoms with Gasteiger partial charge in [-0.1, -0.05) is 0 Å². The van der Waals surface area contributed by atoms with E-state index in [0.29, 0.717) is 23.6 Å². The zero-order valence-electron chi connectivity index (χ0n) is 11.8. The highest BCUT2D eigenvalue weighted by Crippen LogP contribution is 2.34. The van der Waals surface area contributed by atoms with Gasteiger partial charge in [0.05, 0.1) is 30.3 Å². The molecule has 0 spiro atoms. The van der Waals surface area contributed by atoms with Crippen molar-refractivity contribution in [3.8, 4) is 0 Å². The quantitative estimate of drug-likeness (QED) is 0.753. The highest BCUT2D eigenvalue weighted by atomic mass is 16.5. The van der Waals surface area contributed by atoms with Gasteiger partial charge in [0.15, 0.2) is 5.82 Å². The number of carbonyl (C=O) groups is 2. The number of piperidine rings is 1. The summed E-state index contributed by atoms with van der Waals surface area (Å²) in [6.45, 7) is 1.37. The van der Waals surface area contributed by atoms with Crippen molar-refractivity contribution in [2.75, 3.05) is 30.8 Å². The van der Waals surface area contributed by atoms with Crippen LogP contribution in [0.25, 0.3) is 0 Å². The molecule has 0 saturated carbocycles. The molecule has 2 aliphatic rings. The third-order valence-electron chi connectivity index (χ3n) is 4.25. The van der Waals surface area contributed by atoms with E-state index in [2.05, 4.69) is 10.3 Å². The number of carbonyl (C=O) groups excluding carboxylic acids is 2. The average Bonchev–Trinajstić information content (AvgIpc) is 2.89. The predicted octanol–water partition coefficient (Wildman–Crippen LogP) is 0.165. The van der Waals surface area contributed by atoms with Crippen molar-refractivity contribution < 1.29 is 14.3 Å². The minimum Gasteiger partial charge on any atom is -0.465 e. The van der Waals surface area contributed by atoms with Gasteiger partial charge >= 0.3 is 5.97 Å². The number of esters is 1. The first kappa shape index (κ1) is 13.7.